The van der Waals surface area contributed by atoms with Crippen molar-refractivity contribution < 1.29 is 4.39 Å². The van der Waals surface area contributed by atoms with E-state index in [1.54, 1.807) is 18.5 Å². The number of nitrogens with one attached hydrogen (secondary N) is 1. The highest BCUT2D eigenvalue weighted by molar-refractivity contribution is 6.30. The number of nitrogens with zero attached hydrogens (tertiary/aromatic N) is 2. The molecule has 1 aliphatic carbocycles. The van der Waals surface area contributed by atoms with E-state index >= 15 is 0 Å². The highest BCUT2D eigenvalue weighted by atomic mass is 35.5. The van der Waals surface area contributed by atoms with Gasteiger partial charge in [0.25, 0.3) is 0 Å². The van der Waals surface area contributed by atoms with Crippen molar-refractivity contribution in [3.05, 3.63) is 52.2 Å². The second-order valence-corrected chi connectivity index (χ2v) is 5.36. The first-order valence-corrected chi connectivity index (χ1v) is 7.12. The van der Waals surface area contributed by atoms with Crippen LogP contribution in [0.15, 0.2) is 24.5 Å². The van der Waals surface area contributed by atoms with E-state index in [1.165, 1.54) is 24.5 Å². The monoisotopic (exact) mass is 291 g/mol. The second-order valence-electron chi connectivity index (χ2n) is 4.96. The number of hydrogen-bond donors (Lipinski definition) is 1. The van der Waals surface area contributed by atoms with E-state index in [0.717, 1.165) is 29.9 Å². The van der Waals surface area contributed by atoms with Crippen LogP contribution in [0.3, 0.4) is 0 Å². The van der Waals surface area contributed by atoms with Crippen LogP contribution < -0.4 is 5.32 Å². The Morgan fingerprint density at radius 1 is 1.20 bits per heavy atom. The molecule has 0 fully saturated rings. The van der Waals surface area contributed by atoms with Gasteiger partial charge < -0.3 is 5.32 Å². The molecule has 1 heterocycles. The second kappa shape index (κ2) is 5.75. The number of anilines is 1. The molecule has 1 aromatic heterocycles. The lowest BCUT2D eigenvalue weighted by Gasteiger charge is -2.18. The van der Waals surface area contributed by atoms with Crippen LogP contribution in [0.1, 0.15) is 29.7 Å². The van der Waals surface area contributed by atoms with E-state index < -0.39 is 5.82 Å². The summed E-state index contributed by atoms with van der Waals surface area (Å²) >= 11 is 5.78. The minimum absolute atomic E-state index is 0.147. The third-order valence-corrected chi connectivity index (χ3v) is 3.86. The number of rotatable bonds is 3. The number of benzene rings is 1. The van der Waals surface area contributed by atoms with E-state index in [2.05, 4.69) is 15.3 Å². The summed E-state index contributed by atoms with van der Waals surface area (Å²) < 4.78 is 13.1. The quantitative estimate of drug-likeness (QED) is 0.935. The molecule has 0 radical (unpaired) electrons. The van der Waals surface area contributed by atoms with Gasteiger partial charge in [-0.15, -0.1) is 0 Å². The Morgan fingerprint density at radius 3 is 2.90 bits per heavy atom. The van der Waals surface area contributed by atoms with E-state index in [-0.39, 0.29) is 5.02 Å². The molecule has 0 bridgehead atoms. The van der Waals surface area contributed by atoms with Crippen molar-refractivity contribution in [3.63, 3.8) is 0 Å². The van der Waals surface area contributed by atoms with E-state index in [9.17, 15) is 4.39 Å². The molecule has 5 heteroatoms. The van der Waals surface area contributed by atoms with Crippen molar-refractivity contribution in [2.45, 2.75) is 32.2 Å². The molecule has 0 amide bonds. The zero-order valence-electron chi connectivity index (χ0n) is 11.0. The molecule has 0 spiro atoms. The fraction of sp³-hybridized carbons (Fsp3) is 0.333. The van der Waals surface area contributed by atoms with Gasteiger partial charge in [0.1, 0.15) is 18.0 Å². The lowest BCUT2D eigenvalue weighted by atomic mass is 9.96. The molecule has 0 unspecified atom stereocenters. The smallest absolute Gasteiger partial charge is 0.141 e. The van der Waals surface area contributed by atoms with Gasteiger partial charge >= 0.3 is 0 Å². The molecule has 104 valence electrons. The third kappa shape index (κ3) is 2.75. The Kier molecular flexibility index (Phi) is 3.83. The maximum atomic E-state index is 13.1. The van der Waals surface area contributed by atoms with Crippen molar-refractivity contribution in [2.24, 2.45) is 0 Å². The first-order valence-electron chi connectivity index (χ1n) is 6.74. The van der Waals surface area contributed by atoms with Crippen LogP contribution in [0.5, 0.6) is 0 Å². The van der Waals surface area contributed by atoms with Gasteiger partial charge in [-0.1, -0.05) is 17.7 Å². The van der Waals surface area contributed by atoms with Gasteiger partial charge in [0.15, 0.2) is 0 Å². The number of aromatic nitrogens is 2. The fourth-order valence-corrected chi connectivity index (χ4v) is 2.71. The standard InChI is InChI=1S/C15H15ClFN3/c16-12-7-10(5-6-13(12)17)8-18-15-11-3-1-2-4-14(11)19-9-20-15/h5-7,9H,1-4,8H2,(H,18,19,20). The molecule has 1 aromatic carbocycles. The summed E-state index contributed by atoms with van der Waals surface area (Å²) in [6.45, 7) is 0.573. The van der Waals surface area contributed by atoms with Crippen LogP contribution in [0.2, 0.25) is 5.02 Å². The maximum Gasteiger partial charge on any atom is 0.141 e. The SMILES string of the molecule is Fc1ccc(CNc2ncnc3c2CCCC3)cc1Cl. The molecule has 1 N–H and O–H groups in total. The fourth-order valence-electron chi connectivity index (χ4n) is 2.51. The molecule has 2 aromatic rings. The van der Waals surface area contributed by atoms with Crippen molar-refractivity contribution in [3.8, 4) is 0 Å². The highest BCUT2D eigenvalue weighted by Gasteiger charge is 2.15. The van der Waals surface area contributed by atoms with Crippen LogP contribution in [-0.2, 0) is 19.4 Å². The summed E-state index contributed by atoms with van der Waals surface area (Å²) in [5, 5.41) is 3.45. The summed E-state index contributed by atoms with van der Waals surface area (Å²) in [6.07, 6.45) is 6.01. The normalized spacial score (nSPS) is 13.9. The molecule has 1 aliphatic rings. The molecule has 0 atom stereocenters. The highest BCUT2D eigenvalue weighted by Crippen LogP contribution is 2.25. The summed E-state index contributed by atoms with van der Waals surface area (Å²) in [7, 11) is 0. The van der Waals surface area contributed by atoms with Gasteiger partial charge in [0, 0.05) is 17.8 Å². The maximum absolute atomic E-state index is 13.1. The van der Waals surface area contributed by atoms with E-state index in [4.69, 9.17) is 11.6 Å². The van der Waals surface area contributed by atoms with E-state index in [1.807, 2.05) is 0 Å². The topological polar surface area (TPSA) is 37.8 Å². The van der Waals surface area contributed by atoms with Gasteiger partial charge in [-0.2, -0.15) is 0 Å². The Labute approximate surface area is 122 Å². The van der Waals surface area contributed by atoms with Gasteiger partial charge in [-0.05, 0) is 43.4 Å². The Morgan fingerprint density at radius 2 is 2.05 bits per heavy atom. The number of hydrogen-bond acceptors (Lipinski definition) is 3. The van der Waals surface area contributed by atoms with Crippen molar-refractivity contribution in [1.29, 1.82) is 0 Å². The predicted octanol–water partition coefficient (Wildman–Crippen LogP) is 3.76. The molecule has 3 rings (SSSR count). The Bertz CT molecular complexity index is 631. The molecular formula is C15H15ClFN3. The lowest BCUT2D eigenvalue weighted by Crippen LogP contribution is -2.12. The average molecular weight is 292 g/mol. The lowest BCUT2D eigenvalue weighted by molar-refractivity contribution is 0.627. The first-order chi connectivity index (χ1) is 9.74. The van der Waals surface area contributed by atoms with Crippen LogP contribution in [0.4, 0.5) is 10.2 Å². The number of aryl methyl sites for hydroxylation is 1. The zero-order chi connectivity index (χ0) is 13.9. The largest absolute Gasteiger partial charge is 0.366 e. The minimum Gasteiger partial charge on any atom is -0.366 e. The van der Waals surface area contributed by atoms with Crippen LogP contribution in [-0.4, -0.2) is 9.97 Å². The number of halogens is 2. The third-order valence-electron chi connectivity index (χ3n) is 3.57. The van der Waals surface area contributed by atoms with Crippen molar-refractivity contribution >= 4 is 17.4 Å². The first kappa shape index (κ1) is 13.3. The summed E-state index contributed by atoms with van der Waals surface area (Å²) in [5.74, 6) is 0.491. The predicted molar refractivity (Wildman–Crippen MR) is 77.4 cm³/mol. The summed E-state index contributed by atoms with van der Waals surface area (Å²) in [4.78, 5) is 8.66. The summed E-state index contributed by atoms with van der Waals surface area (Å²) in [5.41, 5.74) is 3.29. The van der Waals surface area contributed by atoms with Gasteiger partial charge in [-0.3, -0.25) is 0 Å². The Hall–Kier alpha value is -1.68. The minimum atomic E-state index is -0.394. The van der Waals surface area contributed by atoms with Crippen LogP contribution >= 0.6 is 11.6 Å². The van der Waals surface area contributed by atoms with Crippen molar-refractivity contribution in [2.75, 3.05) is 5.32 Å². The number of fused-ring (bicyclic) bond motifs is 1. The van der Waals surface area contributed by atoms with Crippen molar-refractivity contribution in [1.82, 2.24) is 9.97 Å². The van der Waals surface area contributed by atoms with Crippen LogP contribution in [0.25, 0.3) is 0 Å². The molecular weight excluding hydrogens is 277 g/mol. The van der Waals surface area contributed by atoms with Gasteiger partial charge in [-0.25, -0.2) is 14.4 Å². The van der Waals surface area contributed by atoms with Crippen LogP contribution in [0, 0.1) is 5.82 Å². The van der Waals surface area contributed by atoms with Gasteiger partial charge in [0.05, 0.1) is 5.02 Å². The molecule has 3 nitrogen and oxygen atoms in total. The molecule has 20 heavy (non-hydrogen) atoms. The molecule has 0 saturated heterocycles. The molecule has 0 saturated carbocycles. The zero-order valence-corrected chi connectivity index (χ0v) is 11.8. The molecule has 0 aliphatic heterocycles. The van der Waals surface area contributed by atoms with Gasteiger partial charge in [0.2, 0.25) is 0 Å². The Balaban J connectivity index is 1.76. The summed E-state index contributed by atoms with van der Waals surface area (Å²) in [6, 6.07) is 4.74. The van der Waals surface area contributed by atoms with E-state index in [0.29, 0.717) is 6.54 Å². The average Bonchev–Trinajstić information content (AvgIpc) is 2.48.